The standard InChI is InChI=1S/C23H31N3O3/c27-22-19(16-25-12-14-26(15-13-25)20-8-4-3-5-9-20)18-29-23(28)21(22)17-24-10-6-1-2-7-11-24/h3-5,8-9,18,27H,1-2,6-7,10-17H2. The molecule has 2 saturated heterocycles. The van der Waals surface area contributed by atoms with E-state index in [2.05, 4.69) is 39.0 Å². The minimum Gasteiger partial charge on any atom is -0.507 e. The summed E-state index contributed by atoms with van der Waals surface area (Å²) in [7, 11) is 0. The molecule has 1 aromatic heterocycles. The normalized spacial score (nSPS) is 19.2. The zero-order valence-corrected chi connectivity index (χ0v) is 17.1. The van der Waals surface area contributed by atoms with E-state index < -0.39 is 5.63 Å². The third kappa shape index (κ3) is 5.00. The first-order valence-corrected chi connectivity index (χ1v) is 10.8. The Labute approximate surface area is 172 Å². The molecular weight excluding hydrogens is 366 g/mol. The van der Waals surface area contributed by atoms with Crippen LogP contribution in [0.1, 0.15) is 36.8 Å². The second-order valence-electron chi connectivity index (χ2n) is 8.16. The maximum absolute atomic E-state index is 12.3. The molecule has 0 aliphatic carbocycles. The van der Waals surface area contributed by atoms with E-state index in [1.54, 1.807) is 0 Å². The molecule has 6 nitrogen and oxygen atoms in total. The highest BCUT2D eigenvalue weighted by Gasteiger charge is 2.22. The lowest BCUT2D eigenvalue weighted by molar-refractivity contribution is 0.239. The summed E-state index contributed by atoms with van der Waals surface area (Å²) in [6.07, 6.45) is 6.22. The molecule has 0 unspecified atom stereocenters. The Bertz CT molecular complexity index is 836. The maximum atomic E-state index is 12.3. The van der Waals surface area contributed by atoms with Gasteiger partial charge in [-0.05, 0) is 38.1 Å². The van der Waals surface area contributed by atoms with Gasteiger partial charge in [0.15, 0.2) is 0 Å². The Kier molecular flexibility index (Phi) is 6.52. The van der Waals surface area contributed by atoms with Gasteiger partial charge in [0.25, 0.3) is 0 Å². The lowest BCUT2D eigenvalue weighted by Crippen LogP contribution is -2.46. The van der Waals surface area contributed by atoms with Gasteiger partial charge in [0.05, 0.1) is 5.56 Å². The molecule has 0 radical (unpaired) electrons. The van der Waals surface area contributed by atoms with Crippen LogP contribution < -0.4 is 10.5 Å². The molecule has 1 N–H and O–H groups in total. The summed E-state index contributed by atoms with van der Waals surface area (Å²) >= 11 is 0. The third-order valence-corrected chi connectivity index (χ3v) is 6.11. The highest BCUT2D eigenvalue weighted by Crippen LogP contribution is 2.24. The van der Waals surface area contributed by atoms with E-state index in [1.165, 1.54) is 24.8 Å². The van der Waals surface area contributed by atoms with E-state index in [-0.39, 0.29) is 5.75 Å². The van der Waals surface area contributed by atoms with Crippen LogP contribution in [-0.4, -0.2) is 54.2 Å². The topological polar surface area (TPSA) is 60.2 Å². The van der Waals surface area contributed by atoms with Gasteiger partial charge in [-0.15, -0.1) is 0 Å². The van der Waals surface area contributed by atoms with E-state index in [0.29, 0.717) is 24.2 Å². The van der Waals surface area contributed by atoms with Gasteiger partial charge in [0, 0.05) is 50.5 Å². The van der Waals surface area contributed by atoms with Gasteiger partial charge >= 0.3 is 5.63 Å². The number of benzene rings is 1. The van der Waals surface area contributed by atoms with E-state index in [1.807, 2.05) is 6.07 Å². The van der Waals surface area contributed by atoms with Crippen LogP contribution in [0.25, 0.3) is 0 Å². The van der Waals surface area contributed by atoms with Crippen LogP contribution in [-0.2, 0) is 13.1 Å². The third-order valence-electron chi connectivity index (χ3n) is 6.11. The van der Waals surface area contributed by atoms with Gasteiger partial charge in [-0.1, -0.05) is 31.0 Å². The van der Waals surface area contributed by atoms with E-state index in [0.717, 1.165) is 52.1 Å². The van der Waals surface area contributed by atoms with Crippen LogP contribution in [0.3, 0.4) is 0 Å². The number of hydrogen-bond acceptors (Lipinski definition) is 6. The summed E-state index contributed by atoms with van der Waals surface area (Å²) in [6, 6.07) is 10.5. The summed E-state index contributed by atoms with van der Waals surface area (Å²) in [5.74, 6) is 0.121. The van der Waals surface area contributed by atoms with Crippen molar-refractivity contribution in [3.8, 4) is 5.75 Å². The van der Waals surface area contributed by atoms with Crippen LogP contribution >= 0.6 is 0 Å². The SMILES string of the molecule is O=c1occ(CN2CCN(c3ccccc3)CC2)c(O)c1CN1CCCCCC1. The second-order valence-corrected chi connectivity index (χ2v) is 8.16. The molecule has 0 spiro atoms. The molecule has 29 heavy (non-hydrogen) atoms. The van der Waals surface area contributed by atoms with Gasteiger partial charge < -0.3 is 14.4 Å². The molecule has 0 saturated carbocycles. The van der Waals surface area contributed by atoms with Gasteiger partial charge in [0.1, 0.15) is 12.0 Å². The number of nitrogens with zero attached hydrogens (tertiary/aromatic N) is 3. The molecule has 2 aliphatic rings. The monoisotopic (exact) mass is 397 g/mol. The number of para-hydroxylation sites is 1. The Morgan fingerprint density at radius 3 is 2.17 bits per heavy atom. The quantitative estimate of drug-likeness (QED) is 0.837. The highest BCUT2D eigenvalue weighted by molar-refractivity contribution is 5.46. The second kappa shape index (κ2) is 9.46. The number of anilines is 1. The molecule has 1 aromatic carbocycles. The Balaban J connectivity index is 1.40. The zero-order chi connectivity index (χ0) is 20.1. The van der Waals surface area contributed by atoms with Gasteiger partial charge in [-0.25, -0.2) is 4.79 Å². The van der Waals surface area contributed by atoms with E-state index >= 15 is 0 Å². The predicted molar refractivity (Wildman–Crippen MR) is 114 cm³/mol. The van der Waals surface area contributed by atoms with Crippen molar-refractivity contribution in [1.82, 2.24) is 9.80 Å². The van der Waals surface area contributed by atoms with Crippen molar-refractivity contribution in [2.24, 2.45) is 0 Å². The van der Waals surface area contributed by atoms with Crippen LogP contribution in [0, 0.1) is 0 Å². The van der Waals surface area contributed by atoms with Crippen molar-refractivity contribution >= 4 is 5.69 Å². The van der Waals surface area contributed by atoms with E-state index in [9.17, 15) is 9.90 Å². The van der Waals surface area contributed by atoms with Crippen molar-refractivity contribution in [2.45, 2.75) is 38.8 Å². The fraction of sp³-hybridized carbons (Fsp3) is 0.522. The van der Waals surface area contributed by atoms with Crippen molar-refractivity contribution in [1.29, 1.82) is 0 Å². The Morgan fingerprint density at radius 2 is 1.48 bits per heavy atom. The molecule has 2 aromatic rings. The smallest absolute Gasteiger partial charge is 0.343 e. The van der Waals surface area contributed by atoms with Crippen molar-refractivity contribution < 1.29 is 9.52 Å². The highest BCUT2D eigenvalue weighted by atomic mass is 16.4. The Morgan fingerprint density at radius 1 is 0.828 bits per heavy atom. The molecule has 6 heteroatoms. The van der Waals surface area contributed by atoms with Crippen LogP contribution in [0.5, 0.6) is 5.75 Å². The van der Waals surface area contributed by atoms with Gasteiger partial charge in [-0.3, -0.25) is 9.80 Å². The minimum atomic E-state index is -0.413. The summed E-state index contributed by atoms with van der Waals surface area (Å²) in [6.45, 7) is 6.75. The number of rotatable bonds is 5. The fourth-order valence-corrected chi connectivity index (χ4v) is 4.36. The molecule has 2 aliphatic heterocycles. The number of piperazine rings is 1. The van der Waals surface area contributed by atoms with Gasteiger partial charge in [0.2, 0.25) is 0 Å². The zero-order valence-electron chi connectivity index (χ0n) is 17.1. The first kappa shape index (κ1) is 20.0. The summed E-state index contributed by atoms with van der Waals surface area (Å²) in [4.78, 5) is 19.2. The lowest BCUT2D eigenvalue weighted by atomic mass is 10.1. The van der Waals surface area contributed by atoms with Crippen molar-refractivity contribution in [3.05, 3.63) is 58.1 Å². The summed E-state index contributed by atoms with van der Waals surface area (Å²) in [5, 5.41) is 10.8. The van der Waals surface area contributed by atoms with E-state index in [4.69, 9.17) is 4.42 Å². The minimum absolute atomic E-state index is 0.121. The van der Waals surface area contributed by atoms with Crippen LogP contribution in [0.4, 0.5) is 5.69 Å². The van der Waals surface area contributed by atoms with Crippen molar-refractivity contribution in [2.75, 3.05) is 44.2 Å². The average Bonchev–Trinajstić information content (AvgIpc) is 3.03. The van der Waals surface area contributed by atoms with Crippen LogP contribution in [0.2, 0.25) is 0 Å². The lowest BCUT2D eigenvalue weighted by Gasteiger charge is -2.36. The Hall–Kier alpha value is -2.31. The molecule has 156 valence electrons. The molecule has 4 rings (SSSR count). The summed E-state index contributed by atoms with van der Waals surface area (Å²) in [5.41, 5.74) is 1.96. The predicted octanol–water partition coefficient (Wildman–Crippen LogP) is 3.04. The molecule has 0 atom stereocenters. The number of likely N-dealkylation sites (tertiary alicyclic amines) is 1. The molecule has 0 bridgehead atoms. The summed E-state index contributed by atoms with van der Waals surface area (Å²) < 4.78 is 5.30. The van der Waals surface area contributed by atoms with Crippen LogP contribution in [0.15, 0.2) is 45.8 Å². The molecular formula is C23H31N3O3. The van der Waals surface area contributed by atoms with Crippen molar-refractivity contribution in [3.63, 3.8) is 0 Å². The fourth-order valence-electron chi connectivity index (χ4n) is 4.36. The maximum Gasteiger partial charge on any atom is 0.343 e. The molecule has 3 heterocycles. The molecule has 0 amide bonds. The first-order chi connectivity index (χ1) is 14.2. The number of hydrogen-bond donors (Lipinski definition) is 1. The average molecular weight is 398 g/mol. The largest absolute Gasteiger partial charge is 0.507 e. The first-order valence-electron chi connectivity index (χ1n) is 10.8. The molecule has 2 fully saturated rings. The number of aromatic hydroxyl groups is 1. The van der Waals surface area contributed by atoms with Gasteiger partial charge in [-0.2, -0.15) is 0 Å².